The van der Waals surface area contributed by atoms with Crippen molar-refractivity contribution in [3.05, 3.63) is 111 Å². The third kappa shape index (κ3) is 4.41. The number of carbonyl (C=O) groups excluding carboxylic acids is 1. The maximum atomic E-state index is 12.2. The molecule has 7 nitrogen and oxygen atoms in total. The first-order chi connectivity index (χ1) is 14.6. The van der Waals surface area contributed by atoms with Crippen molar-refractivity contribution in [3.63, 3.8) is 0 Å². The topological polar surface area (TPSA) is 91.0 Å². The van der Waals surface area contributed by atoms with E-state index >= 15 is 0 Å². The second-order valence-electron chi connectivity index (χ2n) is 6.49. The number of nitro groups is 1. The van der Waals surface area contributed by atoms with E-state index in [0.717, 1.165) is 11.1 Å². The Labute approximate surface area is 172 Å². The molecule has 7 heteroatoms. The van der Waals surface area contributed by atoms with E-state index in [1.165, 1.54) is 24.3 Å². The molecule has 1 aliphatic rings. The van der Waals surface area contributed by atoms with E-state index in [2.05, 4.69) is 4.99 Å². The molecule has 0 fully saturated rings. The van der Waals surface area contributed by atoms with Crippen LogP contribution in [0.25, 0.3) is 6.08 Å². The fourth-order valence-electron chi connectivity index (χ4n) is 2.85. The summed E-state index contributed by atoms with van der Waals surface area (Å²) in [5.41, 5.74) is 2.37. The first-order valence-electron chi connectivity index (χ1n) is 9.13. The SMILES string of the molecule is O=C1OC(c2ccc([N+](=O)[O-])cc2)=N/C1=C\c1cccc(OCc2ccccc2)c1. The van der Waals surface area contributed by atoms with Gasteiger partial charge in [-0.3, -0.25) is 10.1 Å². The van der Waals surface area contributed by atoms with Crippen molar-refractivity contribution in [2.75, 3.05) is 0 Å². The number of hydrogen-bond donors (Lipinski definition) is 0. The summed E-state index contributed by atoms with van der Waals surface area (Å²) in [5.74, 6) is 0.190. The minimum Gasteiger partial charge on any atom is -0.489 e. The highest BCUT2D eigenvalue weighted by Crippen LogP contribution is 2.23. The van der Waals surface area contributed by atoms with Gasteiger partial charge in [-0.15, -0.1) is 0 Å². The highest BCUT2D eigenvalue weighted by Gasteiger charge is 2.24. The summed E-state index contributed by atoms with van der Waals surface area (Å²) in [4.78, 5) is 26.7. The molecule has 148 valence electrons. The monoisotopic (exact) mass is 400 g/mol. The molecule has 0 aliphatic carbocycles. The number of rotatable bonds is 6. The Morgan fingerprint density at radius 2 is 1.77 bits per heavy atom. The van der Waals surface area contributed by atoms with Crippen LogP contribution < -0.4 is 4.74 Å². The van der Waals surface area contributed by atoms with Crippen LogP contribution in [0.2, 0.25) is 0 Å². The molecule has 3 aromatic carbocycles. The molecule has 3 aromatic rings. The number of aliphatic imine (C=N–C) groups is 1. The largest absolute Gasteiger partial charge is 0.489 e. The first-order valence-corrected chi connectivity index (χ1v) is 9.13. The molecule has 1 heterocycles. The minimum atomic E-state index is -0.584. The van der Waals surface area contributed by atoms with Gasteiger partial charge in [-0.05, 0) is 41.5 Å². The van der Waals surface area contributed by atoms with Crippen molar-refractivity contribution >= 4 is 23.6 Å². The van der Waals surface area contributed by atoms with Crippen LogP contribution >= 0.6 is 0 Å². The van der Waals surface area contributed by atoms with Crippen molar-refractivity contribution in [1.29, 1.82) is 0 Å². The average Bonchev–Trinajstić information content (AvgIpc) is 3.13. The van der Waals surface area contributed by atoms with Crippen LogP contribution in [0, 0.1) is 10.1 Å². The van der Waals surface area contributed by atoms with E-state index in [0.29, 0.717) is 17.9 Å². The second-order valence-corrected chi connectivity index (χ2v) is 6.49. The Hall–Kier alpha value is -4.26. The van der Waals surface area contributed by atoms with Gasteiger partial charge >= 0.3 is 5.97 Å². The summed E-state index contributed by atoms with van der Waals surface area (Å²) < 4.78 is 11.0. The molecule has 4 rings (SSSR count). The van der Waals surface area contributed by atoms with Gasteiger partial charge < -0.3 is 9.47 Å². The van der Waals surface area contributed by atoms with Crippen LogP contribution in [0.3, 0.4) is 0 Å². The van der Waals surface area contributed by atoms with Gasteiger partial charge in [-0.25, -0.2) is 9.79 Å². The summed E-state index contributed by atoms with van der Waals surface area (Å²) >= 11 is 0. The molecule has 0 N–H and O–H groups in total. The van der Waals surface area contributed by atoms with Crippen LogP contribution in [0.4, 0.5) is 5.69 Å². The molecule has 0 atom stereocenters. The Balaban J connectivity index is 1.51. The van der Waals surface area contributed by atoms with Gasteiger partial charge in [0, 0.05) is 17.7 Å². The second kappa shape index (κ2) is 8.40. The van der Waals surface area contributed by atoms with Crippen LogP contribution in [-0.4, -0.2) is 16.8 Å². The van der Waals surface area contributed by atoms with Crippen molar-refractivity contribution in [2.24, 2.45) is 4.99 Å². The summed E-state index contributed by atoms with van der Waals surface area (Å²) in [6.07, 6.45) is 1.61. The number of nitro benzene ring substituents is 1. The molecule has 0 spiro atoms. The van der Waals surface area contributed by atoms with Gasteiger partial charge in [0.15, 0.2) is 5.70 Å². The number of ether oxygens (including phenoxy) is 2. The first kappa shape index (κ1) is 19.1. The predicted octanol–water partition coefficient (Wildman–Crippen LogP) is 4.52. The van der Waals surface area contributed by atoms with E-state index in [9.17, 15) is 14.9 Å². The van der Waals surface area contributed by atoms with Gasteiger partial charge in [-0.1, -0.05) is 42.5 Å². The van der Waals surface area contributed by atoms with Crippen LogP contribution in [0.5, 0.6) is 5.75 Å². The molecular weight excluding hydrogens is 384 g/mol. The van der Waals surface area contributed by atoms with Crippen LogP contribution in [0.1, 0.15) is 16.7 Å². The van der Waals surface area contributed by atoms with Gasteiger partial charge in [0.2, 0.25) is 5.90 Å². The number of esters is 1. The standard InChI is InChI=1S/C23H16N2O5/c26-23-21(24-22(30-23)18-9-11-19(12-10-18)25(27)28)14-17-7-4-8-20(13-17)29-15-16-5-2-1-3-6-16/h1-14H,15H2/b21-14-. The maximum absolute atomic E-state index is 12.2. The zero-order valence-corrected chi connectivity index (χ0v) is 15.7. The third-order valence-corrected chi connectivity index (χ3v) is 4.36. The molecule has 0 saturated heterocycles. The van der Waals surface area contributed by atoms with Crippen LogP contribution in [-0.2, 0) is 16.1 Å². The molecular formula is C23H16N2O5. The fourth-order valence-corrected chi connectivity index (χ4v) is 2.85. The maximum Gasteiger partial charge on any atom is 0.363 e. The molecule has 0 saturated carbocycles. The lowest BCUT2D eigenvalue weighted by atomic mass is 10.2. The van der Waals surface area contributed by atoms with E-state index in [-0.39, 0.29) is 17.3 Å². The van der Waals surface area contributed by atoms with Crippen molar-refractivity contribution in [2.45, 2.75) is 6.61 Å². The highest BCUT2D eigenvalue weighted by molar-refractivity contribution is 6.12. The smallest absolute Gasteiger partial charge is 0.363 e. The van der Waals surface area contributed by atoms with Crippen molar-refractivity contribution in [1.82, 2.24) is 0 Å². The minimum absolute atomic E-state index is 0.0493. The van der Waals surface area contributed by atoms with E-state index in [1.54, 1.807) is 6.08 Å². The normalized spacial score (nSPS) is 14.3. The number of nitrogens with zero attached hydrogens (tertiary/aromatic N) is 2. The summed E-state index contributed by atoms with van der Waals surface area (Å²) in [5, 5.41) is 10.8. The van der Waals surface area contributed by atoms with Crippen LogP contribution in [0.15, 0.2) is 89.6 Å². The zero-order chi connectivity index (χ0) is 20.9. The van der Waals surface area contributed by atoms with Crippen molar-refractivity contribution in [3.8, 4) is 5.75 Å². The molecule has 0 radical (unpaired) electrons. The molecule has 0 unspecified atom stereocenters. The van der Waals surface area contributed by atoms with Crippen molar-refractivity contribution < 1.29 is 19.2 Å². The van der Waals surface area contributed by atoms with E-state index in [1.807, 2.05) is 54.6 Å². The van der Waals surface area contributed by atoms with Gasteiger partial charge in [0.25, 0.3) is 5.69 Å². The Morgan fingerprint density at radius 1 is 1.00 bits per heavy atom. The van der Waals surface area contributed by atoms with E-state index < -0.39 is 10.9 Å². The molecule has 30 heavy (non-hydrogen) atoms. The fraction of sp³-hybridized carbons (Fsp3) is 0.0435. The quantitative estimate of drug-likeness (QED) is 0.263. The Morgan fingerprint density at radius 3 is 2.50 bits per heavy atom. The third-order valence-electron chi connectivity index (χ3n) is 4.36. The zero-order valence-electron chi connectivity index (χ0n) is 15.7. The van der Waals surface area contributed by atoms with Gasteiger partial charge in [0.1, 0.15) is 12.4 Å². The Kier molecular flexibility index (Phi) is 5.34. The lowest BCUT2D eigenvalue weighted by Crippen LogP contribution is -2.05. The van der Waals surface area contributed by atoms with Gasteiger partial charge in [-0.2, -0.15) is 0 Å². The molecule has 0 amide bonds. The van der Waals surface area contributed by atoms with E-state index in [4.69, 9.17) is 9.47 Å². The Bertz CT molecular complexity index is 1150. The predicted molar refractivity (Wildman–Crippen MR) is 111 cm³/mol. The number of benzene rings is 3. The number of hydrogen-bond acceptors (Lipinski definition) is 6. The lowest BCUT2D eigenvalue weighted by molar-refractivity contribution is -0.384. The number of carbonyl (C=O) groups is 1. The molecule has 0 aromatic heterocycles. The molecule has 1 aliphatic heterocycles. The summed E-state index contributed by atoms with van der Waals surface area (Å²) in [6.45, 7) is 0.436. The summed E-state index contributed by atoms with van der Waals surface area (Å²) in [6, 6.07) is 22.8. The molecule has 0 bridgehead atoms. The highest BCUT2D eigenvalue weighted by atomic mass is 16.6. The summed E-state index contributed by atoms with van der Waals surface area (Å²) in [7, 11) is 0. The van der Waals surface area contributed by atoms with Gasteiger partial charge in [0.05, 0.1) is 4.92 Å². The number of non-ortho nitro benzene ring substituents is 1. The average molecular weight is 400 g/mol. The lowest BCUT2D eigenvalue weighted by Gasteiger charge is -2.07. The number of cyclic esters (lactones) is 1.